The van der Waals surface area contributed by atoms with Gasteiger partial charge in [-0.15, -0.1) is 0 Å². The molecular weight excluding hydrogens is 412 g/mol. The first-order chi connectivity index (χ1) is 15.0. The minimum absolute atomic E-state index is 0.206. The van der Waals surface area contributed by atoms with Gasteiger partial charge in [-0.25, -0.2) is 4.79 Å². The molecule has 0 saturated carbocycles. The molecule has 0 saturated heterocycles. The summed E-state index contributed by atoms with van der Waals surface area (Å²) < 4.78 is 10.7. The van der Waals surface area contributed by atoms with Crippen molar-refractivity contribution >= 4 is 39.3 Å². The maximum absolute atomic E-state index is 11.5. The standard InChI is InChI=1S/C23H16N4O3S/c1-25-17-11-16(26-8-2-3-9-26)5-6-19(17)30-21(25)12-22-27(14-23(28)29)18-10-15(13-24)4-7-20(18)31-22/h2-12H,14H2,1H3/p+1. The third-order valence-electron chi connectivity index (χ3n) is 5.15. The van der Waals surface area contributed by atoms with E-state index < -0.39 is 5.97 Å². The molecule has 0 bridgehead atoms. The molecule has 4 aromatic rings. The Kier molecular flexibility index (Phi) is 4.46. The number of hydrogen-bond donors (Lipinski definition) is 1. The molecule has 3 heterocycles. The molecule has 2 aromatic heterocycles. The van der Waals surface area contributed by atoms with Crippen molar-refractivity contribution in [3.63, 3.8) is 0 Å². The van der Waals surface area contributed by atoms with E-state index >= 15 is 0 Å². The van der Waals surface area contributed by atoms with Gasteiger partial charge in [0.2, 0.25) is 17.9 Å². The molecule has 1 aliphatic rings. The van der Waals surface area contributed by atoms with Crippen LogP contribution in [0.3, 0.4) is 0 Å². The summed E-state index contributed by atoms with van der Waals surface area (Å²) >= 11 is 1.46. The summed E-state index contributed by atoms with van der Waals surface area (Å²) in [5, 5.41) is 19.4. The number of aromatic nitrogens is 2. The van der Waals surface area contributed by atoms with E-state index in [-0.39, 0.29) is 6.54 Å². The van der Waals surface area contributed by atoms with Gasteiger partial charge in [-0.3, -0.25) is 0 Å². The summed E-state index contributed by atoms with van der Waals surface area (Å²) in [4.78, 5) is 13.4. The molecule has 8 heteroatoms. The van der Waals surface area contributed by atoms with Crippen molar-refractivity contribution in [1.82, 2.24) is 4.57 Å². The lowest BCUT2D eigenvalue weighted by Crippen LogP contribution is -2.39. The van der Waals surface area contributed by atoms with E-state index in [4.69, 9.17) is 4.74 Å². The molecule has 0 atom stereocenters. The molecule has 152 valence electrons. The van der Waals surface area contributed by atoms with Crippen molar-refractivity contribution in [1.29, 1.82) is 5.26 Å². The molecule has 0 spiro atoms. The van der Waals surface area contributed by atoms with Gasteiger partial charge in [0.1, 0.15) is 4.70 Å². The van der Waals surface area contributed by atoms with Crippen molar-refractivity contribution in [2.45, 2.75) is 6.54 Å². The van der Waals surface area contributed by atoms with Crippen LogP contribution < -0.4 is 14.2 Å². The van der Waals surface area contributed by atoms with Crippen LogP contribution in [0.2, 0.25) is 0 Å². The number of anilines is 1. The van der Waals surface area contributed by atoms with E-state index in [0.717, 1.165) is 26.8 Å². The van der Waals surface area contributed by atoms with Crippen molar-refractivity contribution in [3.8, 4) is 17.5 Å². The molecule has 5 rings (SSSR count). The topological polar surface area (TPSA) is 82.4 Å². The Labute approximate surface area is 181 Å². The first kappa shape index (κ1) is 18.9. The van der Waals surface area contributed by atoms with Crippen molar-refractivity contribution in [2.75, 3.05) is 11.9 Å². The molecule has 31 heavy (non-hydrogen) atoms. The number of hydrogen-bond acceptors (Lipinski definition) is 5. The van der Waals surface area contributed by atoms with Crippen molar-refractivity contribution < 1.29 is 19.2 Å². The zero-order valence-electron chi connectivity index (χ0n) is 16.5. The summed E-state index contributed by atoms with van der Waals surface area (Å²) in [5.74, 6) is 0.389. The largest absolute Gasteiger partial charge is 0.477 e. The van der Waals surface area contributed by atoms with Gasteiger partial charge in [0.25, 0.3) is 5.01 Å². The second-order valence-electron chi connectivity index (χ2n) is 7.10. The van der Waals surface area contributed by atoms with Gasteiger partial charge in [-0.2, -0.15) is 9.83 Å². The molecule has 0 fully saturated rings. The minimum atomic E-state index is -0.952. The van der Waals surface area contributed by atoms with Crippen molar-refractivity contribution in [3.05, 3.63) is 77.4 Å². The number of rotatable bonds is 4. The Bertz CT molecular complexity index is 1400. The maximum atomic E-state index is 11.5. The number of ether oxygens (including phenoxy) is 1. The number of thiazole rings is 1. The highest BCUT2D eigenvalue weighted by molar-refractivity contribution is 7.18. The van der Waals surface area contributed by atoms with E-state index in [9.17, 15) is 15.2 Å². The average molecular weight is 429 g/mol. The SMILES string of the molecule is CN1C(=Cc2sc3ccc(C#N)cc3[n+]2CC(=O)O)Oc2ccc(-n3cccc3)cc21. The zero-order valence-corrected chi connectivity index (χ0v) is 17.3. The van der Waals surface area contributed by atoms with Gasteiger partial charge in [-0.1, -0.05) is 11.3 Å². The summed E-state index contributed by atoms with van der Waals surface area (Å²) in [6.45, 7) is -0.206. The van der Waals surface area contributed by atoms with E-state index in [1.165, 1.54) is 11.3 Å². The molecule has 1 N–H and O–H groups in total. The smallest absolute Gasteiger partial charge is 0.370 e. The molecule has 2 aromatic carbocycles. The predicted octanol–water partition coefficient (Wildman–Crippen LogP) is 3.76. The first-order valence-electron chi connectivity index (χ1n) is 9.52. The van der Waals surface area contributed by atoms with Crippen LogP contribution in [-0.2, 0) is 11.3 Å². The van der Waals surface area contributed by atoms with Crippen molar-refractivity contribution in [2.24, 2.45) is 0 Å². The second-order valence-corrected chi connectivity index (χ2v) is 8.16. The van der Waals surface area contributed by atoms with Gasteiger partial charge in [0.05, 0.1) is 23.4 Å². The molecule has 0 radical (unpaired) electrons. The quantitative estimate of drug-likeness (QED) is 0.500. The van der Waals surface area contributed by atoms with E-state index in [1.807, 2.05) is 71.4 Å². The lowest BCUT2D eigenvalue weighted by atomic mass is 10.2. The zero-order chi connectivity index (χ0) is 21.5. The Hall–Kier alpha value is -4.09. The Morgan fingerprint density at radius 1 is 1.26 bits per heavy atom. The fourth-order valence-electron chi connectivity index (χ4n) is 3.63. The molecule has 7 nitrogen and oxygen atoms in total. The highest BCUT2D eigenvalue weighted by atomic mass is 32.1. The number of benzene rings is 2. The lowest BCUT2D eigenvalue weighted by molar-refractivity contribution is -0.657. The van der Waals surface area contributed by atoms with Crippen LogP contribution in [0.5, 0.6) is 5.75 Å². The number of aliphatic carboxylic acids is 1. The molecule has 0 amide bonds. The van der Waals surface area contributed by atoms with E-state index in [1.54, 1.807) is 16.7 Å². The van der Waals surface area contributed by atoms with Crippen LogP contribution in [0.25, 0.3) is 22.0 Å². The fourth-order valence-corrected chi connectivity index (χ4v) is 4.70. The van der Waals surface area contributed by atoms with Gasteiger partial charge in [-0.05, 0) is 42.5 Å². The fraction of sp³-hybridized carbons (Fsp3) is 0.0870. The van der Waals surface area contributed by atoms with Crippen LogP contribution in [0.1, 0.15) is 10.6 Å². The molecule has 0 aliphatic carbocycles. The molecule has 1 aliphatic heterocycles. The van der Waals surface area contributed by atoms with Crippen LogP contribution in [-0.4, -0.2) is 22.7 Å². The van der Waals surface area contributed by atoms with Crippen LogP contribution >= 0.6 is 11.3 Å². The van der Waals surface area contributed by atoms with Gasteiger partial charge < -0.3 is 19.3 Å². The normalized spacial score (nSPS) is 13.9. The summed E-state index contributed by atoms with van der Waals surface area (Å²) in [6, 6.07) is 17.3. The number of nitriles is 1. The molecular formula is C23H17N4O3S+. The van der Waals surface area contributed by atoms with Crippen LogP contribution in [0.15, 0.2) is 66.8 Å². The summed E-state index contributed by atoms with van der Waals surface area (Å²) in [5.41, 5.74) is 3.15. The highest BCUT2D eigenvalue weighted by Gasteiger charge is 2.28. The number of carboxylic acids is 1. The minimum Gasteiger partial charge on any atom is -0.477 e. The number of carboxylic acid groups (broad SMARTS) is 1. The van der Waals surface area contributed by atoms with E-state index in [0.29, 0.717) is 17.0 Å². The van der Waals surface area contributed by atoms with Crippen LogP contribution in [0, 0.1) is 11.3 Å². The maximum Gasteiger partial charge on any atom is 0.370 e. The lowest BCUT2D eigenvalue weighted by Gasteiger charge is -2.11. The monoisotopic (exact) mass is 429 g/mol. The predicted molar refractivity (Wildman–Crippen MR) is 117 cm³/mol. The Morgan fingerprint density at radius 2 is 2.06 bits per heavy atom. The number of carbonyl (C=O) groups is 1. The van der Waals surface area contributed by atoms with Gasteiger partial charge in [0, 0.05) is 31.2 Å². The number of fused-ring (bicyclic) bond motifs is 2. The second kappa shape index (κ2) is 7.31. The third-order valence-corrected chi connectivity index (χ3v) is 6.26. The Morgan fingerprint density at radius 3 is 2.81 bits per heavy atom. The van der Waals surface area contributed by atoms with Gasteiger partial charge in [0.15, 0.2) is 5.75 Å². The number of nitrogens with zero attached hydrogens (tertiary/aromatic N) is 4. The Balaban J connectivity index is 1.57. The highest BCUT2D eigenvalue weighted by Crippen LogP contribution is 2.40. The average Bonchev–Trinajstić information content (AvgIpc) is 3.48. The molecule has 0 unspecified atom stereocenters. The van der Waals surface area contributed by atoms with Gasteiger partial charge >= 0.3 is 5.97 Å². The first-order valence-corrected chi connectivity index (χ1v) is 10.3. The summed E-state index contributed by atoms with van der Waals surface area (Å²) in [6.07, 6.45) is 5.81. The summed E-state index contributed by atoms with van der Waals surface area (Å²) in [7, 11) is 1.92. The van der Waals surface area contributed by atoms with Crippen LogP contribution in [0.4, 0.5) is 5.69 Å². The third kappa shape index (κ3) is 3.31. The van der Waals surface area contributed by atoms with E-state index in [2.05, 4.69) is 6.07 Å².